The molecular formula is C58H35N3O. The standard InChI is InChI=1S/C58H35N3O/c1-2-13-38(14-3-1)55-59-56(39-29-25-36(26-30-39)41-33-34-53-48(35-41)46-18-7-11-24-52(46)62-53)61-57(60-55)40-31-27-37(28-32-40)42-19-12-20-47-45-17-6-10-23-51(45)58(54(42)47)49-21-8-4-15-43(49)44-16-5-9-22-50(44)58/h1-35H. The highest BCUT2D eigenvalue weighted by Gasteiger charge is 2.52. The zero-order chi connectivity index (χ0) is 40.8. The van der Waals surface area contributed by atoms with E-state index in [9.17, 15) is 0 Å². The number of hydrogen-bond donors (Lipinski definition) is 0. The Morgan fingerprint density at radius 2 is 0.726 bits per heavy atom. The molecule has 2 aromatic heterocycles. The van der Waals surface area contributed by atoms with Crippen LogP contribution in [0.2, 0.25) is 0 Å². The SMILES string of the molecule is c1ccc(-c2nc(-c3ccc(-c4ccc5oc6ccccc6c5c4)cc3)nc(-c3ccc(-c4cccc5c4C4(c6ccccc6-c6ccccc64)c4ccccc4-5)cc3)n2)cc1. The highest BCUT2D eigenvalue weighted by molar-refractivity contribution is 6.06. The van der Waals surface area contributed by atoms with Gasteiger partial charge in [0.1, 0.15) is 11.2 Å². The van der Waals surface area contributed by atoms with Gasteiger partial charge in [-0.2, -0.15) is 0 Å². The Hall–Kier alpha value is -8.21. The Labute approximate surface area is 358 Å². The van der Waals surface area contributed by atoms with Crippen molar-refractivity contribution in [3.8, 4) is 78.7 Å². The lowest BCUT2D eigenvalue weighted by molar-refractivity contribution is 0.669. The van der Waals surface area contributed by atoms with Gasteiger partial charge < -0.3 is 4.42 Å². The molecule has 0 saturated carbocycles. The summed E-state index contributed by atoms with van der Waals surface area (Å²) in [5, 5.41) is 2.23. The first-order valence-corrected chi connectivity index (χ1v) is 21.1. The molecule has 13 rings (SSSR count). The van der Waals surface area contributed by atoms with E-state index in [1.54, 1.807) is 0 Å². The van der Waals surface area contributed by atoms with Gasteiger partial charge >= 0.3 is 0 Å². The van der Waals surface area contributed by atoms with Crippen molar-refractivity contribution < 1.29 is 4.42 Å². The number of fused-ring (bicyclic) bond motifs is 13. The van der Waals surface area contributed by atoms with Crippen LogP contribution in [0.15, 0.2) is 217 Å². The molecule has 0 radical (unpaired) electrons. The second kappa shape index (κ2) is 13.4. The van der Waals surface area contributed by atoms with Crippen LogP contribution in [-0.2, 0) is 5.41 Å². The van der Waals surface area contributed by atoms with Crippen molar-refractivity contribution >= 4 is 21.9 Å². The van der Waals surface area contributed by atoms with Gasteiger partial charge in [-0.1, -0.05) is 194 Å². The van der Waals surface area contributed by atoms with Gasteiger partial charge in [0.05, 0.1) is 5.41 Å². The summed E-state index contributed by atoms with van der Waals surface area (Å²) in [7, 11) is 0. The molecular weight excluding hydrogens is 755 g/mol. The number of nitrogens with zero attached hydrogens (tertiary/aromatic N) is 3. The summed E-state index contributed by atoms with van der Waals surface area (Å²) >= 11 is 0. The van der Waals surface area contributed by atoms with Crippen LogP contribution in [0.3, 0.4) is 0 Å². The molecule has 0 amide bonds. The summed E-state index contributed by atoms with van der Waals surface area (Å²) in [5.41, 5.74) is 19.3. The van der Waals surface area contributed by atoms with Crippen molar-refractivity contribution in [3.63, 3.8) is 0 Å². The number of benzene rings is 9. The van der Waals surface area contributed by atoms with E-state index >= 15 is 0 Å². The van der Waals surface area contributed by atoms with Gasteiger partial charge in [-0.05, 0) is 85.0 Å². The highest BCUT2D eigenvalue weighted by Crippen LogP contribution is 2.64. The zero-order valence-corrected chi connectivity index (χ0v) is 33.5. The van der Waals surface area contributed by atoms with Crippen LogP contribution in [-0.4, -0.2) is 15.0 Å². The third kappa shape index (κ3) is 5.04. The van der Waals surface area contributed by atoms with Crippen molar-refractivity contribution in [3.05, 3.63) is 235 Å². The Balaban J connectivity index is 0.911. The largest absolute Gasteiger partial charge is 0.456 e. The van der Waals surface area contributed by atoms with E-state index in [0.29, 0.717) is 17.5 Å². The molecule has 0 fully saturated rings. The average molecular weight is 790 g/mol. The molecule has 0 unspecified atom stereocenters. The van der Waals surface area contributed by atoms with Crippen molar-refractivity contribution in [1.29, 1.82) is 0 Å². The van der Waals surface area contributed by atoms with E-state index in [4.69, 9.17) is 19.4 Å². The van der Waals surface area contributed by atoms with Crippen LogP contribution in [0.4, 0.5) is 0 Å². The van der Waals surface area contributed by atoms with Gasteiger partial charge in [-0.25, -0.2) is 15.0 Å². The van der Waals surface area contributed by atoms with Gasteiger partial charge in [0.2, 0.25) is 0 Å². The predicted molar refractivity (Wildman–Crippen MR) is 251 cm³/mol. The van der Waals surface area contributed by atoms with E-state index in [1.807, 2.05) is 42.5 Å². The first-order valence-electron chi connectivity index (χ1n) is 21.1. The number of furan rings is 1. The monoisotopic (exact) mass is 789 g/mol. The second-order valence-corrected chi connectivity index (χ2v) is 16.3. The Bertz CT molecular complexity index is 3500. The predicted octanol–water partition coefficient (Wildman–Crippen LogP) is 14.4. The number of para-hydroxylation sites is 1. The van der Waals surface area contributed by atoms with E-state index in [2.05, 4.69) is 170 Å². The van der Waals surface area contributed by atoms with Crippen LogP contribution in [0.1, 0.15) is 22.3 Å². The van der Waals surface area contributed by atoms with Crippen LogP contribution >= 0.6 is 0 Å². The fourth-order valence-electron chi connectivity index (χ4n) is 10.3. The Morgan fingerprint density at radius 3 is 1.35 bits per heavy atom. The maximum absolute atomic E-state index is 6.09. The van der Waals surface area contributed by atoms with Crippen molar-refractivity contribution in [2.75, 3.05) is 0 Å². The molecule has 0 bridgehead atoms. The smallest absolute Gasteiger partial charge is 0.164 e. The molecule has 0 saturated heterocycles. The zero-order valence-electron chi connectivity index (χ0n) is 33.5. The summed E-state index contributed by atoms with van der Waals surface area (Å²) < 4.78 is 6.09. The number of aromatic nitrogens is 3. The van der Waals surface area contributed by atoms with Crippen molar-refractivity contribution in [2.45, 2.75) is 5.41 Å². The van der Waals surface area contributed by atoms with Crippen LogP contribution in [0, 0.1) is 0 Å². The third-order valence-corrected chi connectivity index (χ3v) is 13.0. The lowest BCUT2D eigenvalue weighted by Crippen LogP contribution is -2.26. The van der Waals surface area contributed by atoms with Gasteiger partial charge in [0.25, 0.3) is 0 Å². The first-order chi connectivity index (χ1) is 30.7. The van der Waals surface area contributed by atoms with E-state index < -0.39 is 5.41 Å². The van der Waals surface area contributed by atoms with Crippen molar-refractivity contribution in [2.24, 2.45) is 0 Å². The quantitative estimate of drug-likeness (QED) is 0.174. The number of rotatable bonds is 5. The molecule has 2 aliphatic rings. The van der Waals surface area contributed by atoms with Crippen molar-refractivity contribution in [1.82, 2.24) is 15.0 Å². The van der Waals surface area contributed by atoms with Gasteiger partial charge in [0, 0.05) is 27.5 Å². The molecule has 0 atom stereocenters. The molecule has 2 heterocycles. The minimum absolute atomic E-state index is 0.433. The minimum Gasteiger partial charge on any atom is -0.456 e. The Morgan fingerprint density at radius 1 is 0.290 bits per heavy atom. The fraction of sp³-hybridized carbons (Fsp3) is 0.0172. The van der Waals surface area contributed by atoms with E-state index in [1.165, 1.54) is 50.1 Å². The van der Waals surface area contributed by atoms with E-state index in [-0.39, 0.29) is 0 Å². The maximum atomic E-state index is 6.09. The summed E-state index contributed by atoms with van der Waals surface area (Å²) in [6.45, 7) is 0. The molecule has 11 aromatic rings. The lowest BCUT2D eigenvalue weighted by atomic mass is 9.68. The first kappa shape index (κ1) is 34.6. The topological polar surface area (TPSA) is 51.8 Å². The summed E-state index contributed by atoms with van der Waals surface area (Å²) in [6.07, 6.45) is 0. The molecule has 9 aromatic carbocycles. The van der Waals surface area contributed by atoms with Gasteiger partial charge in [-0.15, -0.1) is 0 Å². The molecule has 0 aliphatic heterocycles. The molecule has 4 heteroatoms. The molecule has 4 nitrogen and oxygen atoms in total. The van der Waals surface area contributed by atoms with Gasteiger partial charge in [-0.3, -0.25) is 0 Å². The minimum atomic E-state index is -0.433. The summed E-state index contributed by atoms with van der Waals surface area (Å²) in [4.78, 5) is 15.2. The normalized spacial score (nSPS) is 13.0. The van der Waals surface area contributed by atoms with Crippen LogP contribution < -0.4 is 0 Å². The van der Waals surface area contributed by atoms with Crippen LogP contribution in [0.25, 0.3) is 101 Å². The highest BCUT2D eigenvalue weighted by atomic mass is 16.3. The third-order valence-electron chi connectivity index (χ3n) is 13.0. The maximum Gasteiger partial charge on any atom is 0.164 e. The second-order valence-electron chi connectivity index (χ2n) is 16.3. The molecule has 288 valence electrons. The molecule has 0 N–H and O–H groups in total. The average Bonchev–Trinajstić information content (AvgIpc) is 3.98. The van der Waals surface area contributed by atoms with Gasteiger partial charge in [0.15, 0.2) is 17.5 Å². The summed E-state index contributed by atoms with van der Waals surface area (Å²) in [5.74, 6) is 1.89. The Kier molecular flexibility index (Phi) is 7.49. The molecule has 62 heavy (non-hydrogen) atoms. The number of hydrogen-bond acceptors (Lipinski definition) is 4. The molecule has 1 spiro atoms. The van der Waals surface area contributed by atoms with E-state index in [0.717, 1.165) is 55.3 Å². The summed E-state index contributed by atoms with van der Waals surface area (Å²) in [6, 6.07) is 75.7. The molecule has 2 aliphatic carbocycles. The van der Waals surface area contributed by atoms with Crippen LogP contribution in [0.5, 0.6) is 0 Å². The lowest BCUT2D eigenvalue weighted by Gasteiger charge is -2.32. The fourth-order valence-corrected chi connectivity index (χ4v) is 10.3.